The first-order valence-corrected chi connectivity index (χ1v) is 9.85. The number of carbonyl (C=O) groups excluding carboxylic acids is 1. The Balaban J connectivity index is 1.56. The van der Waals surface area contributed by atoms with Gasteiger partial charge < -0.3 is 5.32 Å². The minimum Gasteiger partial charge on any atom is -0.326 e. The molecule has 0 saturated carbocycles. The average molecular weight is 413 g/mol. The number of hydrogen-bond donors (Lipinski definition) is 1. The van der Waals surface area contributed by atoms with E-state index >= 15 is 0 Å². The van der Waals surface area contributed by atoms with Crippen LogP contribution in [-0.2, 0) is 11.2 Å². The summed E-state index contributed by atoms with van der Waals surface area (Å²) in [5.41, 5.74) is 3.33. The highest BCUT2D eigenvalue weighted by Crippen LogP contribution is 2.35. The molecule has 0 saturated heterocycles. The van der Waals surface area contributed by atoms with Gasteiger partial charge in [-0.05, 0) is 48.0 Å². The van der Waals surface area contributed by atoms with E-state index in [0.29, 0.717) is 15.7 Å². The van der Waals surface area contributed by atoms with Crippen molar-refractivity contribution < 1.29 is 4.79 Å². The van der Waals surface area contributed by atoms with Crippen LogP contribution in [0.1, 0.15) is 5.56 Å². The fourth-order valence-corrected chi connectivity index (χ4v) is 4.13. The van der Waals surface area contributed by atoms with Crippen molar-refractivity contribution in [3.05, 3.63) is 82.3 Å². The van der Waals surface area contributed by atoms with E-state index in [2.05, 4.69) is 10.3 Å². The molecule has 1 N–H and O–H groups in total. The van der Waals surface area contributed by atoms with Crippen molar-refractivity contribution >= 4 is 56.3 Å². The molecule has 3 aromatic carbocycles. The number of para-hydroxylation sites is 1. The molecular weight excluding hydrogens is 399 g/mol. The monoisotopic (exact) mass is 412 g/mol. The highest BCUT2D eigenvalue weighted by Gasteiger charge is 2.12. The molecule has 134 valence electrons. The van der Waals surface area contributed by atoms with Crippen molar-refractivity contribution in [1.82, 2.24) is 4.98 Å². The quantitative estimate of drug-likeness (QED) is 0.418. The summed E-state index contributed by atoms with van der Waals surface area (Å²) in [6.45, 7) is 0. The van der Waals surface area contributed by atoms with Crippen LogP contribution in [-0.4, -0.2) is 10.9 Å². The summed E-state index contributed by atoms with van der Waals surface area (Å²) in [6, 6.07) is 20.6. The molecule has 4 aromatic rings. The highest BCUT2D eigenvalue weighted by atomic mass is 35.5. The molecule has 1 heterocycles. The Kier molecular flexibility index (Phi) is 5.12. The van der Waals surface area contributed by atoms with Gasteiger partial charge >= 0.3 is 0 Å². The van der Waals surface area contributed by atoms with E-state index in [4.69, 9.17) is 23.2 Å². The van der Waals surface area contributed by atoms with Gasteiger partial charge in [-0.1, -0.05) is 47.5 Å². The zero-order valence-corrected chi connectivity index (χ0v) is 16.4. The summed E-state index contributed by atoms with van der Waals surface area (Å²) in [5.74, 6) is -0.102. The van der Waals surface area contributed by atoms with Crippen LogP contribution in [0.4, 0.5) is 5.69 Å². The molecule has 4 rings (SSSR count). The van der Waals surface area contributed by atoms with Gasteiger partial charge in [-0.15, -0.1) is 11.3 Å². The summed E-state index contributed by atoms with van der Waals surface area (Å²) in [6.07, 6.45) is 0.274. The van der Waals surface area contributed by atoms with Crippen LogP contribution < -0.4 is 5.32 Å². The van der Waals surface area contributed by atoms with Crippen LogP contribution in [0.2, 0.25) is 10.0 Å². The summed E-state index contributed by atoms with van der Waals surface area (Å²) in [5, 5.41) is 5.00. The lowest BCUT2D eigenvalue weighted by molar-refractivity contribution is -0.115. The first-order chi connectivity index (χ1) is 13.1. The first-order valence-electron chi connectivity index (χ1n) is 8.28. The van der Waals surface area contributed by atoms with Gasteiger partial charge in [0.05, 0.1) is 21.7 Å². The zero-order chi connectivity index (χ0) is 18.8. The summed E-state index contributed by atoms with van der Waals surface area (Å²) < 4.78 is 1.10. The number of amides is 1. The first kappa shape index (κ1) is 18.0. The van der Waals surface area contributed by atoms with E-state index in [1.54, 1.807) is 35.6 Å². The maximum Gasteiger partial charge on any atom is 0.228 e. The third-order valence-electron chi connectivity index (χ3n) is 4.05. The maximum atomic E-state index is 12.4. The molecule has 3 nitrogen and oxygen atoms in total. The van der Waals surface area contributed by atoms with Crippen LogP contribution in [0.15, 0.2) is 66.7 Å². The lowest BCUT2D eigenvalue weighted by atomic mass is 10.1. The Morgan fingerprint density at radius 2 is 1.78 bits per heavy atom. The van der Waals surface area contributed by atoms with E-state index in [9.17, 15) is 4.79 Å². The number of hydrogen-bond acceptors (Lipinski definition) is 3. The molecule has 1 aromatic heterocycles. The minimum absolute atomic E-state index is 0.102. The molecular formula is C21H14Cl2N2OS. The van der Waals surface area contributed by atoms with E-state index in [1.807, 2.05) is 42.5 Å². The van der Waals surface area contributed by atoms with Crippen LogP contribution in [0.3, 0.4) is 0 Å². The number of carbonyl (C=O) groups is 1. The number of aromatic nitrogens is 1. The molecule has 0 spiro atoms. The topological polar surface area (TPSA) is 42.0 Å². The van der Waals surface area contributed by atoms with Crippen LogP contribution in [0.5, 0.6) is 0 Å². The number of nitrogens with one attached hydrogen (secondary N) is 1. The number of rotatable bonds is 4. The van der Waals surface area contributed by atoms with Crippen LogP contribution in [0, 0.1) is 0 Å². The van der Waals surface area contributed by atoms with Crippen LogP contribution in [0.25, 0.3) is 20.8 Å². The predicted molar refractivity (Wildman–Crippen MR) is 114 cm³/mol. The Morgan fingerprint density at radius 3 is 2.56 bits per heavy atom. The third kappa shape index (κ3) is 4.14. The molecule has 0 fully saturated rings. The van der Waals surface area contributed by atoms with Crippen molar-refractivity contribution in [3.8, 4) is 10.6 Å². The Morgan fingerprint density at radius 1 is 1.00 bits per heavy atom. The van der Waals surface area contributed by atoms with Gasteiger partial charge in [-0.2, -0.15) is 0 Å². The third-order valence-corrected chi connectivity index (χ3v) is 5.70. The van der Waals surface area contributed by atoms with Crippen LogP contribution >= 0.6 is 34.5 Å². The molecule has 0 aliphatic rings. The molecule has 0 radical (unpaired) electrons. The number of thiazole rings is 1. The maximum absolute atomic E-state index is 12.4. The van der Waals surface area contributed by atoms with Crippen molar-refractivity contribution in [2.45, 2.75) is 6.42 Å². The van der Waals surface area contributed by atoms with Gasteiger partial charge in [-0.25, -0.2) is 4.98 Å². The zero-order valence-electron chi connectivity index (χ0n) is 14.1. The SMILES string of the molecule is O=C(Cc1ccc(Cl)cc1)Nc1ccc(Cl)c(-c2nc3ccccc3s2)c1. The Bertz CT molecular complexity index is 1090. The number of benzene rings is 3. The van der Waals surface area contributed by atoms with Gasteiger partial charge in [0.1, 0.15) is 5.01 Å². The number of halogens is 2. The molecule has 0 unspecified atom stereocenters. The molecule has 6 heteroatoms. The lowest BCUT2D eigenvalue weighted by Crippen LogP contribution is -2.14. The van der Waals surface area contributed by atoms with Gasteiger partial charge in [0.25, 0.3) is 0 Å². The average Bonchev–Trinajstić information content (AvgIpc) is 3.09. The van der Waals surface area contributed by atoms with E-state index < -0.39 is 0 Å². The molecule has 0 atom stereocenters. The molecule has 0 bridgehead atoms. The molecule has 0 aliphatic carbocycles. The fourth-order valence-electron chi connectivity index (χ4n) is 2.75. The standard InChI is InChI=1S/C21H14Cl2N2OS/c22-14-7-5-13(6-8-14)11-20(26)24-15-9-10-17(23)16(12-15)21-25-18-3-1-2-4-19(18)27-21/h1-10,12H,11H2,(H,24,26). The fraction of sp³-hybridized carbons (Fsp3) is 0.0476. The summed E-state index contributed by atoms with van der Waals surface area (Å²) >= 11 is 13.8. The second-order valence-electron chi connectivity index (χ2n) is 6.03. The Labute approximate surface area is 170 Å². The van der Waals surface area contributed by atoms with Gasteiger partial charge in [0.15, 0.2) is 0 Å². The Hall–Kier alpha value is -2.40. The number of anilines is 1. The smallest absolute Gasteiger partial charge is 0.228 e. The van der Waals surface area contributed by atoms with Crippen molar-refractivity contribution in [2.24, 2.45) is 0 Å². The second kappa shape index (κ2) is 7.69. The molecule has 0 aliphatic heterocycles. The number of nitrogens with zero attached hydrogens (tertiary/aromatic N) is 1. The number of fused-ring (bicyclic) bond motifs is 1. The second-order valence-corrected chi connectivity index (χ2v) is 7.91. The normalized spacial score (nSPS) is 10.9. The van der Waals surface area contributed by atoms with E-state index in [-0.39, 0.29) is 12.3 Å². The predicted octanol–water partition coefficient (Wildman–Crippen LogP) is 6.45. The van der Waals surface area contributed by atoms with E-state index in [0.717, 1.165) is 26.4 Å². The lowest BCUT2D eigenvalue weighted by Gasteiger charge is -2.08. The van der Waals surface area contributed by atoms with Gasteiger partial charge in [0, 0.05) is 16.3 Å². The van der Waals surface area contributed by atoms with Gasteiger partial charge in [0.2, 0.25) is 5.91 Å². The highest BCUT2D eigenvalue weighted by molar-refractivity contribution is 7.21. The van der Waals surface area contributed by atoms with Gasteiger partial charge in [-0.3, -0.25) is 4.79 Å². The van der Waals surface area contributed by atoms with Crippen molar-refractivity contribution in [2.75, 3.05) is 5.32 Å². The van der Waals surface area contributed by atoms with E-state index in [1.165, 1.54) is 0 Å². The molecule has 1 amide bonds. The van der Waals surface area contributed by atoms with Crippen molar-refractivity contribution in [3.63, 3.8) is 0 Å². The summed E-state index contributed by atoms with van der Waals surface area (Å²) in [4.78, 5) is 17.0. The summed E-state index contributed by atoms with van der Waals surface area (Å²) in [7, 11) is 0. The molecule has 27 heavy (non-hydrogen) atoms. The minimum atomic E-state index is -0.102. The van der Waals surface area contributed by atoms with Crippen molar-refractivity contribution in [1.29, 1.82) is 0 Å². The largest absolute Gasteiger partial charge is 0.326 e.